The maximum Gasteiger partial charge on any atom is 0.264 e. The van der Waals surface area contributed by atoms with Crippen molar-refractivity contribution in [3.63, 3.8) is 0 Å². The Balaban J connectivity index is 1.99. The van der Waals surface area contributed by atoms with Crippen LogP contribution < -0.4 is 10.9 Å². The summed E-state index contributed by atoms with van der Waals surface area (Å²) in [6, 6.07) is 9.75. The summed E-state index contributed by atoms with van der Waals surface area (Å²) in [6.45, 7) is 5.71. The van der Waals surface area contributed by atoms with E-state index in [0.29, 0.717) is 5.69 Å². The molecule has 1 aromatic carbocycles. The maximum atomic E-state index is 12.7. The molecule has 4 nitrogen and oxygen atoms in total. The average Bonchev–Trinajstić information content (AvgIpc) is 3.22. The summed E-state index contributed by atoms with van der Waals surface area (Å²) in [6.07, 6.45) is 2.03. The van der Waals surface area contributed by atoms with Crippen LogP contribution >= 0.6 is 0 Å². The van der Waals surface area contributed by atoms with Gasteiger partial charge >= 0.3 is 0 Å². The average molecular weight is 296 g/mol. The molecule has 0 unspecified atom stereocenters. The fraction of sp³-hybridized carbons (Fsp3) is 0.333. The molecule has 1 aromatic heterocycles. The normalized spacial score (nSPS) is 14.0. The number of benzene rings is 1. The number of nitrogens with one attached hydrogen (secondary N) is 1. The van der Waals surface area contributed by atoms with Gasteiger partial charge in [0.15, 0.2) is 0 Å². The Hall–Kier alpha value is -2.36. The highest BCUT2D eigenvalue weighted by atomic mass is 16.2. The van der Waals surface area contributed by atoms with Crippen LogP contribution in [-0.4, -0.2) is 10.5 Å². The zero-order valence-corrected chi connectivity index (χ0v) is 13.1. The summed E-state index contributed by atoms with van der Waals surface area (Å²) in [5.74, 6) is -0.331. The van der Waals surface area contributed by atoms with Crippen LogP contribution in [0.2, 0.25) is 0 Å². The van der Waals surface area contributed by atoms with Gasteiger partial charge in [0.2, 0.25) is 0 Å². The molecule has 1 aliphatic carbocycles. The highest BCUT2D eigenvalue weighted by Gasteiger charge is 2.28. The van der Waals surface area contributed by atoms with E-state index in [1.54, 1.807) is 4.57 Å². The van der Waals surface area contributed by atoms with Crippen LogP contribution in [-0.2, 0) is 0 Å². The molecule has 1 N–H and O–H groups in total. The van der Waals surface area contributed by atoms with Gasteiger partial charge in [-0.05, 0) is 62.9 Å². The number of aryl methyl sites for hydroxylation is 3. The van der Waals surface area contributed by atoms with Gasteiger partial charge < -0.3 is 9.88 Å². The molecular weight excluding hydrogens is 276 g/mol. The molecule has 1 fully saturated rings. The fourth-order valence-corrected chi connectivity index (χ4v) is 2.88. The van der Waals surface area contributed by atoms with Crippen molar-refractivity contribution < 1.29 is 4.79 Å². The lowest BCUT2D eigenvalue weighted by atomic mass is 10.1. The third-order valence-corrected chi connectivity index (χ3v) is 4.05. The van der Waals surface area contributed by atoms with Crippen LogP contribution in [0.1, 0.15) is 46.1 Å². The van der Waals surface area contributed by atoms with Crippen molar-refractivity contribution in [3.05, 3.63) is 63.1 Å². The summed E-state index contributed by atoms with van der Waals surface area (Å²) in [4.78, 5) is 25.2. The van der Waals surface area contributed by atoms with E-state index in [0.717, 1.165) is 29.7 Å². The molecule has 0 atom stereocenters. The zero-order chi connectivity index (χ0) is 15.9. The number of pyridine rings is 1. The number of hydrogen-bond acceptors (Lipinski definition) is 2. The summed E-state index contributed by atoms with van der Waals surface area (Å²) in [5, 5.41) is 2.83. The van der Waals surface area contributed by atoms with Crippen LogP contribution in [0.25, 0.3) is 0 Å². The Bertz CT molecular complexity index is 801. The van der Waals surface area contributed by atoms with Crippen molar-refractivity contribution in [2.45, 2.75) is 39.7 Å². The highest BCUT2D eigenvalue weighted by Crippen LogP contribution is 2.34. The van der Waals surface area contributed by atoms with Gasteiger partial charge in [-0.15, -0.1) is 0 Å². The number of carbonyl (C=O) groups excluding carboxylic acids is 1. The highest BCUT2D eigenvalue weighted by molar-refractivity contribution is 6.05. The van der Waals surface area contributed by atoms with E-state index < -0.39 is 0 Å². The zero-order valence-electron chi connectivity index (χ0n) is 13.1. The summed E-state index contributed by atoms with van der Waals surface area (Å²) in [5.41, 5.74) is 3.50. The van der Waals surface area contributed by atoms with Crippen molar-refractivity contribution >= 4 is 11.6 Å². The molecule has 1 amide bonds. The molecule has 0 aliphatic heterocycles. The second kappa shape index (κ2) is 5.44. The van der Waals surface area contributed by atoms with Crippen LogP contribution in [0, 0.1) is 20.8 Å². The lowest BCUT2D eigenvalue weighted by Crippen LogP contribution is -2.31. The number of aromatic nitrogens is 1. The van der Waals surface area contributed by atoms with E-state index in [-0.39, 0.29) is 23.1 Å². The van der Waals surface area contributed by atoms with Crippen molar-refractivity contribution in [2.24, 2.45) is 0 Å². The first-order chi connectivity index (χ1) is 10.5. The first kappa shape index (κ1) is 14.6. The number of rotatable bonds is 3. The lowest BCUT2D eigenvalue weighted by Gasteiger charge is -2.14. The fourth-order valence-electron chi connectivity index (χ4n) is 2.88. The van der Waals surface area contributed by atoms with Gasteiger partial charge in [0, 0.05) is 17.4 Å². The second-order valence-electron chi connectivity index (χ2n) is 6.07. The molecule has 2 aromatic rings. The van der Waals surface area contributed by atoms with Crippen molar-refractivity contribution in [2.75, 3.05) is 5.32 Å². The molecule has 0 spiro atoms. The van der Waals surface area contributed by atoms with E-state index in [1.165, 1.54) is 0 Å². The molecule has 22 heavy (non-hydrogen) atoms. The minimum atomic E-state index is -0.331. The van der Waals surface area contributed by atoms with Gasteiger partial charge in [-0.1, -0.05) is 12.1 Å². The number of amides is 1. The standard InChI is InChI=1S/C18H20N2O2/c1-11-5-4-6-14(9-11)19-17(21)16-12(2)10-13(3)20(18(16)22)15-7-8-15/h4-6,9-10,15H,7-8H2,1-3H3,(H,19,21). The van der Waals surface area contributed by atoms with Gasteiger partial charge in [0.05, 0.1) is 0 Å². The summed E-state index contributed by atoms with van der Waals surface area (Å²) >= 11 is 0. The predicted molar refractivity (Wildman–Crippen MR) is 87.6 cm³/mol. The van der Waals surface area contributed by atoms with Crippen molar-refractivity contribution in [3.8, 4) is 0 Å². The third-order valence-electron chi connectivity index (χ3n) is 4.05. The molecular formula is C18H20N2O2. The van der Waals surface area contributed by atoms with Crippen molar-refractivity contribution in [1.82, 2.24) is 4.57 Å². The monoisotopic (exact) mass is 296 g/mol. The topological polar surface area (TPSA) is 51.1 Å². The first-order valence-electron chi connectivity index (χ1n) is 7.58. The van der Waals surface area contributed by atoms with Gasteiger partial charge in [0.1, 0.15) is 5.56 Å². The molecule has 1 aliphatic rings. The number of carbonyl (C=O) groups is 1. The molecule has 1 saturated carbocycles. The predicted octanol–water partition coefficient (Wildman–Crippen LogP) is 3.36. The number of anilines is 1. The largest absolute Gasteiger partial charge is 0.322 e. The molecule has 0 radical (unpaired) electrons. The molecule has 3 rings (SSSR count). The quantitative estimate of drug-likeness (QED) is 0.944. The lowest BCUT2D eigenvalue weighted by molar-refractivity contribution is 0.102. The Morgan fingerprint density at radius 2 is 1.91 bits per heavy atom. The van der Waals surface area contributed by atoms with Crippen molar-refractivity contribution in [1.29, 1.82) is 0 Å². The van der Waals surface area contributed by atoms with E-state index in [4.69, 9.17) is 0 Å². The molecule has 4 heteroatoms. The Labute approximate surface area is 129 Å². The van der Waals surface area contributed by atoms with E-state index in [2.05, 4.69) is 5.32 Å². The first-order valence-corrected chi connectivity index (χ1v) is 7.58. The smallest absolute Gasteiger partial charge is 0.264 e. The summed E-state index contributed by atoms with van der Waals surface area (Å²) < 4.78 is 1.76. The van der Waals surface area contributed by atoms with E-state index >= 15 is 0 Å². The molecule has 0 saturated heterocycles. The SMILES string of the molecule is Cc1cccc(NC(=O)c2c(C)cc(C)n(C3CC3)c2=O)c1. The van der Waals surface area contributed by atoms with E-state index in [9.17, 15) is 9.59 Å². The second-order valence-corrected chi connectivity index (χ2v) is 6.07. The Kier molecular flexibility index (Phi) is 3.61. The molecule has 0 bridgehead atoms. The van der Waals surface area contributed by atoms with E-state index in [1.807, 2.05) is 51.1 Å². The van der Waals surface area contributed by atoms with Crippen LogP contribution in [0.5, 0.6) is 0 Å². The Morgan fingerprint density at radius 1 is 1.18 bits per heavy atom. The third kappa shape index (κ3) is 2.69. The molecule has 1 heterocycles. The summed E-state index contributed by atoms with van der Waals surface area (Å²) in [7, 11) is 0. The van der Waals surface area contributed by atoms with Gasteiger partial charge in [0.25, 0.3) is 11.5 Å². The van der Waals surface area contributed by atoms with Crippen LogP contribution in [0.4, 0.5) is 5.69 Å². The maximum absolute atomic E-state index is 12.7. The van der Waals surface area contributed by atoms with Crippen LogP contribution in [0.3, 0.4) is 0 Å². The van der Waals surface area contributed by atoms with Gasteiger partial charge in [-0.25, -0.2) is 0 Å². The molecule has 114 valence electrons. The van der Waals surface area contributed by atoms with Gasteiger partial charge in [-0.2, -0.15) is 0 Å². The minimum Gasteiger partial charge on any atom is -0.322 e. The number of hydrogen-bond donors (Lipinski definition) is 1. The number of nitrogens with zero attached hydrogens (tertiary/aromatic N) is 1. The van der Waals surface area contributed by atoms with Gasteiger partial charge in [-0.3, -0.25) is 9.59 Å². The van der Waals surface area contributed by atoms with Crippen LogP contribution in [0.15, 0.2) is 35.1 Å². The minimum absolute atomic E-state index is 0.176. The Morgan fingerprint density at radius 3 is 2.55 bits per heavy atom.